The summed E-state index contributed by atoms with van der Waals surface area (Å²) >= 11 is 0. The average molecular weight is 317 g/mol. The fourth-order valence-corrected chi connectivity index (χ4v) is 2.16. The smallest absolute Gasteiger partial charge is 0.307 e. The number of ether oxygens (including phenoxy) is 1. The van der Waals surface area contributed by atoms with E-state index in [2.05, 4.69) is 11.7 Å². The van der Waals surface area contributed by atoms with Crippen molar-refractivity contribution in [1.82, 2.24) is 4.90 Å². The lowest BCUT2D eigenvalue weighted by Crippen LogP contribution is -2.32. The van der Waals surface area contributed by atoms with Crippen molar-refractivity contribution in [2.24, 2.45) is 0 Å². The zero-order valence-electron chi connectivity index (χ0n) is 14.4. The second kappa shape index (κ2) is 10.6. The van der Waals surface area contributed by atoms with Gasteiger partial charge < -0.3 is 9.64 Å². The van der Waals surface area contributed by atoms with Crippen molar-refractivity contribution in [1.29, 1.82) is 0 Å². The first kappa shape index (κ1) is 18.9. The molecule has 0 aliphatic rings. The number of esters is 1. The van der Waals surface area contributed by atoms with Crippen LogP contribution in [0.5, 0.6) is 0 Å². The van der Waals surface area contributed by atoms with Gasteiger partial charge in [0.15, 0.2) is 0 Å². The van der Waals surface area contributed by atoms with Crippen LogP contribution in [0, 0.1) is 6.92 Å². The van der Waals surface area contributed by atoms with Crippen LogP contribution in [0.15, 0.2) is 30.3 Å². The van der Waals surface area contributed by atoms with Crippen LogP contribution in [0.2, 0.25) is 0 Å². The SMILES string of the molecule is CCCCCN(CCC(=O)OC)C(=O)/C=C/c1ccc(C)cc1. The molecule has 0 aromatic heterocycles. The maximum atomic E-state index is 12.4. The Morgan fingerprint density at radius 2 is 1.83 bits per heavy atom. The standard InChI is InChI=1S/C19H27NO3/c1-4-5-6-14-20(15-13-19(22)23-3)18(21)12-11-17-9-7-16(2)8-10-17/h7-12H,4-6,13-15H2,1-3H3/b12-11+. The summed E-state index contributed by atoms with van der Waals surface area (Å²) in [5.41, 5.74) is 2.18. The fourth-order valence-electron chi connectivity index (χ4n) is 2.16. The third-order valence-electron chi connectivity index (χ3n) is 3.65. The van der Waals surface area contributed by atoms with E-state index in [9.17, 15) is 9.59 Å². The fraction of sp³-hybridized carbons (Fsp3) is 0.474. The first-order chi connectivity index (χ1) is 11.1. The predicted molar refractivity (Wildman–Crippen MR) is 93.0 cm³/mol. The van der Waals surface area contributed by atoms with Crippen LogP contribution in [0.1, 0.15) is 43.7 Å². The molecule has 0 aliphatic carbocycles. The zero-order valence-corrected chi connectivity index (χ0v) is 14.4. The van der Waals surface area contributed by atoms with Crippen LogP contribution < -0.4 is 0 Å². The highest BCUT2D eigenvalue weighted by molar-refractivity contribution is 5.92. The van der Waals surface area contributed by atoms with Gasteiger partial charge in [-0.25, -0.2) is 0 Å². The van der Waals surface area contributed by atoms with Gasteiger partial charge in [0.25, 0.3) is 0 Å². The second-order valence-electron chi connectivity index (χ2n) is 5.60. The third kappa shape index (κ3) is 7.63. The molecular weight excluding hydrogens is 290 g/mol. The molecule has 0 saturated heterocycles. The number of carbonyl (C=O) groups excluding carboxylic acids is 2. The second-order valence-corrected chi connectivity index (χ2v) is 5.60. The van der Waals surface area contributed by atoms with Gasteiger partial charge in [0.05, 0.1) is 13.5 Å². The molecule has 1 aromatic rings. The minimum absolute atomic E-state index is 0.0643. The highest BCUT2D eigenvalue weighted by Crippen LogP contribution is 2.07. The van der Waals surface area contributed by atoms with Gasteiger partial charge in [-0.15, -0.1) is 0 Å². The summed E-state index contributed by atoms with van der Waals surface area (Å²) in [4.78, 5) is 25.4. The van der Waals surface area contributed by atoms with E-state index in [0.29, 0.717) is 13.1 Å². The molecule has 0 aliphatic heterocycles. The van der Waals surface area contributed by atoms with Crippen molar-refractivity contribution in [2.45, 2.75) is 39.5 Å². The van der Waals surface area contributed by atoms with Gasteiger partial charge >= 0.3 is 5.97 Å². The normalized spacial score (nSPS) is 10.7. The zero-order chi connectivity index (χ0) is 17.1. The van der Waals surface area contributed by atoms with Crippen LogP contribution in [-0.4, -0.2) is 37.0 Å². The number of amides is 1. The first-order valence-electron chi connectivity index (χ1n) is 8.17. The Bertz CT molecular complexity index is 520. The Morgan fingerprint density at radius 3 is 2.43 bits per heavy atom. The van der Waals surface area contributed by atoms with Crippen molar-refractivity contribution in [3.63, 3.8) is 0 Å². The highest BCUT2D eigenvalue weighted by atomic mass is 16.5. The number of rotatable bonds is 9. The van der Waals surface area contributed by atoms with Gasteiger partial charge in [-0.2, -0.15) is 0 Å². The van der Waals surface area contributed by atoms with Gasteiger partial charge in [-0.1, -0.05) is 49.6 Å². The van der Waals surface area contributed by atoms with E-state index in [1.165, 1.54) is 12.7 Å². The number of benzene rings is 1. The molecule has 0 saturated carbocycles. The molecule has 0 N–H and O–H groups in total. The molecule has 4 nitrogen and oxygen atoms in total. The summed E-state index contributed by atoms with van der Waals surface area (Å²) in [6.07, 6.45) is 6.73. The molecule has 1 aromatic carbocycles. The lowest BCUT2D eigenvalue weighted by Gasteiger charge is -2.20. The van der Waals surface area contributed by atoms with Gasteiger partial charge in [-0.05, 0) is 25.0 Å². The van der Waals surface area contributed by atoms with Crippen LogP contribution in [0.3, 0.4) is 0 Å². The molecule has 126 valence electrons. The molecule has 23 heavy (non-hydrogen) atoms. The minimum Gasteiger partial charge on any atom is -0.469 e. The van der Waals surface area contributed by atoms with E-state index >= 15 is 0 Å². The molecule has 0 atom stereocenters. The molecule has 0 unspecified atom stereocenters. The summed E-state index contributed by atoms with van der Waals surface area (Å²) in [5, 5.41) is 0. The number of carbonyl (C=O) groups is 2. The lowest BCUT2D eigenvalue weighted by molar-refractivity contribution is -0.141. The molecule has 0 bridgehead atoms. The maximum absolute atomic E-state index is 12.4. The van der Waals surface area contributed by atoms with Gasteiger partial charge in [0.2, 0.25) is 5.91 Å². The maximum Gasteiger partial charge on any atom is 0.307 e. The van der Waals surface area contributed by atoms with Crippen LogP contribution in [0.25, 0.3) is 6.08 Å². The van der Waals surface area contributed by atoms with Gasteiger partial charge in [0, 0.05) is 19.2 Å². The summed E-state index contributed by atoms with van der Waals surface area (Å²) in [5.74, 6) is -0.355. The molecule has 1 amide bonds. The van der Waals surface area contributed by atoms with E-state index in [0.717, 1.165) is 24.8 Å². The largest absolute Gasteiger partial charge is 0.469 e. The summed E-state index contributed by atoms with van der Waals surface area (Å²) in [7, 11) is 1.36. The molecular formula is C19H27NO3. The molecule has 0 heterocycles. The summed E-state index contributed by atoms with van der Waals surface area (Å²) < 4.78 is 4.65. The number of nitrogens with zero attached hydrogens (tertiary/aromatic N) is 1. The Kier molecular flexibility index (Phi) is 8.73. The van der Waals surface area contributed by atoms with E-state index in [4.69, 9.17) is 0 Å². The van der Waals surface area contributed by atoms with E-state index in [1.807, 2.05) is 37.3 Å². The number of hydrogen-bond acceptors (Lipinski definition) is 3. The van der Waals surface area contributed by atoms with E-state index in [1.54, 1.807) is 11.0 Å². The molecule has 1 rings (SSSR count). The van der Waals surface area contributed by atoms with E-state index in [-0.39, 0.29) is 18.3 Å². The monoisotopic (exact) mass is 317 g/mol. The lowest BCUT2D eigenvalue weighted by atomic mass is 10.1. The Hall–Kier alpha value is -2.10. The van der Waals surface area contributed by atoms with Gasteiger partial charge in [-0.3, -0.25) is 9.59 Å². The number of aryl methyl sites for hydroxylation is 1. The first-order valence-corrected chi connectivity index (χ1v) is 8.17. The summed E-state index contributed by atoms with van der Waals surface area (Å²) in [6, 6.07) is 7.99. The Morgan fingerprint density at radius 1 is 1.13 bits per heavy atom. The van der Waals surface area contributed by atoms with Crippen LogP contribution in [0.4, 0.5) is 0 Å². The molecule has 0 radical (unpaired) electrons. The van der Waals surface area contributed by atoms with Crippen LogP contribution >= 0.6 is 0 Å². The van der Waals surface area contributed by atoms with Crippen molar-refractivity contribution < 1.29 is 14.3 Å². The average Bonchev–Trinajstić information content (AvgIpc) is 2.56. The van der Waals surface area contributed by atoms with Crippen molar-refractivity contribution in [2.75, 3.05) is 20.2 Å². The third-order valence-corrected chi connectivity index (χ3v) is 3.65. The Labute approximate surface area is 139 Å². The van der Waals surface area contributed by atoms with Crippen molar-refractivity contribution in [3.05, 3.63) is 41.5 Å². The topological polar surface area (TPSA) is 46.6 Å². The Balaban J connectivity index is 2.64. The molecule has 4 heteroatoms. The summed E-state index contributed by atoms with van der Waals surface area (Å²) in [6.45, 7) is 5.22. The van der Waals surface area contributed by atoms with Crippen molar-refractivity contribution in [3.8, 4) is 0 Å². The van der Waals surface area contributed by atoms with Gasteiger partial charge in [0.1, 0.15) is 0 Å². The number of hydrogen-bond donors (Lipinski definition) is 0. The molecule has 0 spiro atoms. The minimum atomic E-state index is -0.291. The molecule has 0 fully saturated rings. The van der Waals surface area contributed by atoms with E-state index < -0.39 is 0 Å². The quantitative estimate of drug-likeness (QED) is 0.397. The predicted octanol–water partition coefficient (Wildman–Crippen LogP) is 3.59. The van der Waals surface area contributed by atoms with Crippen LogP contribution in [-0.2, 0) is 14.3 Å². The van der Waals surface area contributed by atoms with Crippen molar-refractivity contribution >= 4 is 18.0 Å². The highest BCUT2D eigenvalue weighted by Gasteiger charge is 2.12. The number of unbranched alkanes of at least 4 members (excludes halogenated alkanes) is 2. The number of methoxy groups -OCH3 is 1.